The van der Waals surface area contributed by atoms with Crippen molar-refractivity contribution in [1.82, 2.24) is 4.98 Å². The molecule has 0 bridgehead atoms. The van der Waals surface area contributed by atoms with E-state index in [1.165, 1.54) is 0 Å². The fourth-order valence-electron chi connectivity index (χ4n) is 2.68. The van der Waals surface area contributed by atoms with Gasteiger partial charge in [-0.25, -0.2) is 0 Å². The number of H-pyrrole nitrogens is 1. The number of anilines is 2. The number of carbonyl (C=O) groups is 1. The van der Waals surface area contributed by atoms with Gasteiger partial charge in [0.15, 0.2) is 0 Å². The largest absolute Gasteiger partial charge is 0.495 e. The number of hydrogen-bond donors (Lipinski definition) is 4. The van der Waals surface area contributed by atoms with Gasteiger partial charge in [-0.15, -0.1) is 5.10 Å². The summed E-state index contributed by atoms with van der Waals surface area (Å²) in [5.74, 6) is 0.705. The Morgan fingerprint density at radius 1 is 1.11 bits per heavy atom. The van der Waals surface area contributed by atoms with Gasteiger partial charge >= 0.3 is 0 Å². The van der Waals surface area contributed by atoms with Crippen LogP contribution >= 0.6 is 0 Å². The summed E-state index contributed by atoms with van der Waals surface area (Å²) < 4.78 is 5.22. The lowest BCUT2D eigenvalue weighted by atomic mass is 10.1. The van der Waals surface area contributed by atoms with E-state index < -0.39 is 0 Å². The van der Waals surface area contributed by atoms with Crippen LogP contribution in [-0.4, -0.2) is 29.5 Å². The van der Waals surface area contributed by atoms with Crippen LogP contribution in [0.2, 0.25) is 0 Å². The number of aromatic amines is 1. The number of amides is 1. The Kier molecular flexibility index (Phi) is 5.30. The van der Waals surface area contributed by atoms with Gasteiger partial charge in [-0.2, -0.15) is 5.10 Å². The summed E-state index contributed by atoms with van der Waals surface area (Å²) in [5.41, 5.74) is 15.4. The van der Waals surface area contributed by atoms with Gasteiger partial charge < -0.3 is 26.5 Å². The van der Waals surface area contributed by atoms with Crippen LogP contribution in [0, 0.1) is 0 Å². The number of nitrogens with zero attached hydrogens (tertiary/aromatic N) is 2. The SMILES string of the molecule is COc1cc2cc(C(=O)Nc3ccc(/C(C)=N/N=C(C)N)cc3)[nH]c2cc1N. The maximum atomic E-state index is 12.6. The van der Waals surface area contributed by atoms with Crippen LogP contribution in [0.3, 0.4) is 0 Å². The normalized spacial score (nSPS) is 12.2. The minimum absolute atomic E-state index is 0.254. The van der Waals surface area contributed by atoms with E-state index in [0.717, 1.165) is 22.2 Å². The number of aromatic nitrogens is 1. The lowest BCUT2D eigenvalue weighted by Gasteiger charge is -2.05. The zero-order valence-corrected chi connectivity index (χ0v) is 15.9. The molecule has 1 amide bonds. The molecule has 28 heavy (non-hydrogen) atoms. The summed E-state index contributed by atoms with van der Waals surface area (Å²) in [4.78, 5) is 15.6. The van der Waals surface area contributed by atoms with Crippen molar-refractivity contribution in [2.45, 2.75) is 13.8 Å². The maximum absolute atomic E-state index is 12.6. The number of ether oxygens (including phenoxy) is 1. The number of nitrogen functional groups attached to an aromatic ring is 1. The van der Waals surface area contributed by atoms with Crippen molar-refractivity contribution in [2.24, 2.45) is 15.9 Å². The van der Waals surface area contributed by atoms with Crippen molar-refractivity contribution in [3.05, 3.63) is 53.7 Å². The van der Waals surface area contributed by atoms with Gasteiger partial charge in [0, 0.05) is 16.6 Å². The molecule has 3 aromatic rings. The van der Waals surface area contributed by atoms with E-state index in [-0.39, 0.29) is 5.91 Å². The molecule has 0 saturated heterocycles. The summed E-state index contributed by atoms with van der Waals surface area (Å²) >= 11 is 0. The lowest BCUT2D eigenvalue weighted by molar-refractivity contribution is 0.102. The van der Waals surface area contributed by atoms with Gasteiger partial charge in [0.2, 0.25) is 0 Å². The Morgan fingerprint density at radius 3 is 2.46 bits per heavy atom. The highest BCUT2D eigenvalue weighted by molar-refractivity contribution is 6.06. The topological polar surface area (TPSA) is 131 Å². The number of methoxy groups -OCH3 is 1. The summed E-state index contributed by atoms with van der Waals surface area (Å²) in [6, 6.07) is 12.6. The molecule has 3 rings (SSSR count). The Morgan fingerprint density at radius 2 is 1.82 bits per heavy atom. The third kappa shape index (κ3) is 4.12. The fraction of sp³-hybridized carbons (Fsp3) is 0.150. The third-order valence-electron chi connectivity index (χ3n) is 4.13. The van der Waals surface area contributed by atoms with E-state index in [4.69, 9.17) is 16.2 Å². The zero-order valence-electron chi connectivity index (χ0n) is 15.9. The van der Waals surface area contributed by atoms with Gasteiger partial charge in [-0.1, -0.05) is 12.1 Å². The molecule has 0 fully saturated rings. The molecule has 0 atom stereocenters. The van der Waals surface area contributed by atoms with Crippen molar-refractivity contribution in [3.8, 4) is 5.75 Å². The monoisotopic (exact) mass is 378 g/mol. The Hall–Kier alpha value is -3.81. The molecule has 1 aromatic heterocycles. The van der Waals surface area contributed by atoms with Crippen LogP contribution in [0.1, 0.15) is 29.9 Å². The molecule has 0 aliphatic carbocycles. The molecule has 8 nitrogen and oxygen atoms in total. The standard InChI is InChI=1S/C20H22N6O2/c1-11(25-26-12(2)21)13-4-6-15(7-5-13)23-20(27)18-8-14-9-19(28-3)16(22)10-17(14)24-18/h4-10,24H,22H2,1-3H3,(H2,21,26)(H,23,27)/b25-11+. The first kappa shape index (κ1) is 19.0. The molecule has 144 valence electrons. The Labute approximate surface area is 162 Å². The van der Waals surface area contributed by atoms with Gasteiger partial charge in [-0.05, 0) is 49.7 Å². The highest BCUT2D eigenvalue weighted by atomic mass is 16.5. The number of rotatable bonds is 5. The number of nitrogens with two attached hydrogens (primary N) is 2. The van der Waals surface area contributed by atoms with E-state index >= 15 is 0 Å². The number of hydrogen-bond acceptors (Lipinski definition) is 5. The van der Waals surface area contributed by atoms with E-state index in [0.29, 0.717) is 28.7 Å². The summed E-state index contributed by atoms with van der Waals surface area (Å²) in [6.45, 7) is 3.51. The summed E-state index contributed by atoms with van der Waals surface area (Å²) in [6.07, 6.45) is 0. The number of carbonyl (C=O) groups excluding carboxylic acids is 1. The predicted octanol–water partition coefficient (Wildman–Crippen LogP) is 3.11. The molecular weight excluding hydrogens is 356 g/mol. The van der Waals surface area contributed by atoms with Crippen molar-refractivity contribution >= 4 is 39.7 Å². The third-order valence-corrected chi connectivity index (χ3v) is 4.13. The van der Waals surface area contributed by atoms with Crippen LogP contribution in [0.25, 0.3) is 10.9 Å². The van der Waals surface area contributed by atoms with Gasteiger partial charge in [0.05, 0.1) is 18.5 Å². The molecule has 0 saturated carbocycles. The zero-order chi connectivity index (χ0) is 20.3. The smallest absolute Gasteiger partial charge is 0.272 e. The van der Waals surface area contributed by atoms with Crippen LogP contribution in [-0.2, 0) is 0 Å². The van der Waals surface area contributed by atoms with E-state index in [1.807, 2.05) is 19.1 Å². The minimum Gasteiger partial charge on any atom is -0.495 e. The first-order valence-electron chi connectivity index (χ1n) is 8.59. The van der Waals surface area contributed by atoms with Crippen LogP contribution in [0.4, 0.5) is 11.4 Å². The fourth-order valence-corrected chi connectivity index (χ4v) is 2.68. The van der Waals surface area contributed by atoms with Crippen LogP contribution < -0.4 is 21.5 Å². The van der Waals surface area contributed by atoms with E-state index in [1.54, 1.807) is 44.4 Å². The van der Waals surface area contributed by atoms with Gasteiger partial charge in [-0.3, -0.25) is 4.79 Å². The average molecular weight is 378 g/mol. The number of amidine groups is 1. The number of benzene rings is 2. The highest BCUT2D eigenvalue weighted by Crippen LogP contribution is 2.28. The van der Waals surface area contributed by atoms with Crippen molar-refractivity contribution in [2.75, 3.05) is 18.2 Å². The summed E-state index contributed by atoms with van der Waals surface area (Å²) in [7, 11) is 1.55. The van der Waals surface area contributed by atoms with Gasteiger partial charge in [0.25, 0.3) is 5.91 Å². The second kappa shape index (κ2) is 7.83. The first-order valence-corrected chi connectivity index (χ1v) is 8.59. The second-order valence-electron chi connectivity index (χ2n) is 6.32. The van der Waals surface area contributed by atoms with Crippen LogP contribution in [0.5, 0.6) is 5.75 Å². The molecule has 6 N–H and O–H groups in total. The molecule has 0 aliphatic rings. The second-order valence-corrected chi connectivity index (χ2v) is 6.32. The molecule has 0 spiro atoms. The van der Waals surface area contributed by atoms with Crippen molar-refractivity contribution in [3.63, 3.8) is 0 Å². The summed E-state index contributed by atoms with van der Waals surface area (Å²) in [5, 5.41) is 11.6. The minimum atomic E-state index is -0.254. The number of fused-ring (bicyclic) bond motifs is 1. The average Bonchev–Trinajstić information content (AvgIpc) is 3.08. The molecule has 0 radical (unpaired) electrons. The highest BCUT2D eigenvalue weighted by Gasteiger charge is 2.12. The van der Waals surface area contributed by atoms with E-state index in [2.05, 4.69) is 20.5 Å². The predicted molar refractivity (Wildman–Crippen MR) is 113 cm³/mol. The van der Waals surface area contributed by atoms with Crippen molar-refractivity contribution < 1.29 is 9.53 Å². The van der Waals surface area contributed by atoms with Crippen molar-refractivity contribution in [1.29, 1.82) is 0 Å². The maximum Gasteiger partial charge on any atom is 0.272 e. The lowest BCUT2D eigenvalue weighted by Crippen LogP contribution is -2.12. The van der Waals surface area contributed by atoms with E-state index in [9.17, 15) is 4.79 Å². The first-order chi connectivity index (χ1) is 13.4. The van der Waals surface area contributed by atoms with Crippen LogP contribution in [0.15, 0.2) is 52.7 Å². The molecule has 8 heteroatoms. The molecule has 2 aromatic carbocycles. The molecular formula is C20H22N6O2. The Bertz CT molecular complexity index is 1080. The van der Waals surface area contributed by atoms with Gasteiger partial charge in [0.1, 0.15) is 17.3 Å². The molecule has 1 heterocycles. The quantitative estimate of drug-likeness (QED) is 0.235. The molecule has 0 aliphatic heterocycles. The number of nitrogens with one attached hydrogen (secondary N) is 2. The Balaban J connectivity index is 1.77. The molecule has 0 unspecified atom stereocenters.